The van der Waals surface area contributed by atoms with Crippen molar-refractivity contribution >= 4 is 34.2 Å². The van der Waals surface area contributed by atoms with Crippen LogP contribution in [0.25, 0.3) is 11.0 Å². The number of rotatable bonds is 3. The summed E-state index contributed by atoms with van der Waals surface area (Å²) in [5, 5.41) is 1.04. The van der Waals surface area contributed by atoms with E-state index in [-0.39, 0.29) is 0 Å². The highest BCUT2D eigenvalue weighted by Gasteiger charge is 2.09. The molecule has 0 saturated carbocycles. The van der Waals surface area contributed by atoms with Crippen molar-refractivity contribution in [1.29, 1.82) is 0 Å². The highest BCUT2D eigenvalue weighted by molar-refractivity contribution is 6.42. The van der Waals surface area contributed by atoms with Gasteiger partial charge in [0.2, 0.25) is 5.88 Å². The topological polar surface area (TPSA) is 39.9 Å². The SMILES string of the molecule is Cn1cnc2ccnc(OCc3ccc(Cl)c(Cl)c3)c21. The minimum atomic E-state index is 0.369. The Morgan fingerprint density at radius 3 is 2.80 bits per heavy atom. The summed E-state index contributed by atoms with van der Waals surface area (Å²) in [4.78, 5) is 8.52. The second-order valence-corrected chi connectivity index (χ2v) is 5.19. The van der Waals surface area contributed by atoms with Gasteiger partial charge < -0.3 is 9.30 Å². The molecule has 102 valence electrons. The third-order valence-corrected chi connectivity index (χ3v) is 3.69. The summed E-state index contributed by atoms with van der Waals surface area (Å²) in [7, 11) is 1.91. The summed E-state index contributed by atoms with van der Waals surface area (Å²) in [6.07, 6.45) is 3.41. The molecular weight excluding hydrogens is 297 g/mol. The third-order valence-electron chi connectivity index (χ3n) is 2.95. The molecule has 0 aliphatic rings. The molecule has 1 aromatic carbocycles. The van der Waals surface area contributed by atoms with Gasteiger partial charge >= 0.3 is 0 Å². The first-order valence-electron chi connectivity index (χ1n) is 5.98. The molecule has 20 heavy (non-hydrogen) atoms. The Morgan fingerprint density at radius 2 is 2.00 bits per heavy atom. The molecule has 0 spiro atoms. The Kier molecular flexibility index (Phi) is 3.51. The minimum absolute atomic E-state index is 0.369. The van der Waals surface area contributed by atoms with Crippen molar-refractivity contribution in [2.75, 3.05) is 0 Å². The summed E-state index contributed by atoms with van der Waals surface area (Å²) in [5.41, 5.74) is 2.65. The fourth-order valence-electron chi connectivity index (χ4n) is 1.95. The van der Waals surface area contributed by atoms with Crippen molar-refractivity contribution in [3.63, 3.8) is 0 Å². The van der Waals surface area contributed by atoms with Crippen LogP contribution in [0.1, 0.15) is 5.56 Å². The van der Waals surface area contributed by atoms with Gasteiger partial charge in [-0.3, -0.25) is 0 Å². The maximum absolute atomic E-state index is 5.98. The first kappa shape index (κ1) is 13.2. The summed E-state index contributed by atoms with van der Waals surface area (Å²) in [6, 6.07) is 7.26. The first-order chi connectivity index (χ1) is 9.65. The number of pyridine rings is 1. The number of ether oxygens (including phenoxy) is 1. The predicted octanol–water partition coefficient (Wildman–Crippen LogP) is 3.85. The Labute approximate surface area is 125 Å². The van der Waals surface area contributed by atoms with E-state index in [0.717, 1.165) is 16.6 Å². The number of imidazole rings is 1. The fourth-order valence-corrected chi connectivity index (χ4v) is 2.27. The quantitative estimate of drug-likeness (QED) is 0.738. The lowest BCUT2D eigenvalue weighted by atomic mass is 10.2. The minimum Gasteiger partial charge on any atom is -0.471 e. The van der Waals surface area contributed by atoms with Gasteiger partial charge in [0, 0.05) is 13.2 Å². The van der Waals surface area contributed by atoms with E-state index in [1.54, 1.807) is 24.7 Å². The van der Waals surface area contributed by atoms with Gasteiger partial charge in [-0.15, -0.1) is 0 Å². The summed E-state index contributed by atoms with van der Waals surface area (Å²) in [5.74, 6) is 0.550. The van der Waals surface area contributed by atoms with Gasteiger partial charge in [0.15, 0.2) is 0 Å². The van der Waals surface area contributed by atoms with Gasteiger partial charge in [-0.05, 0) is 23.8 Å². The lowest BCUT2D eigenvalue weighted by molar-refractivity contribution is 0.297. The van der Waals surface area contributed by atoms with Gasteiger partial charge in [0.1, 0.15) is 12.1 Å². The molecule has 3 aromatic rings. The Bertz CT molecular complexity index is 770. The van der Waals surface area contributed by atoms with Crippen molar-refractivity contribution in [2.45, 2.75) is 6.61 Å². The average Bonchev–Trinajstić information content (AvgIpc) is 2.83. The van der Waals surface area contributed by atoms with E-state index in [1.807, 2.05) is 23.7 Å². The van der Waals surface area contributed by atoms with Crippen LogP contribution in [-0.4, -0.2) is 14.5 Å². The third kappa shape index (κ3) is 2.44. The maximum atomic E-state index is 5.98. The fraction of sp³-hybridized carbons (Fsp3) is 0.143. The molecule has 6 heteroatoms. The number of hydrogen-bond donors (Lipinski definition) is 0. The van der Waals surface area contributed by atoms with Crippen LogP contribution < -0.4 is 4.74 Å². The number of aryl methyl sites for hydroxylation is 1. The number of nitrogens with zero attached hydrogens (tertiary/aromatic N) is 3. The van der Waals surface area contributed by atoms with Crippen LogP contribution in [0.4, 0.5) is 0 Å². The highest BCUT2D eigenvalue weighted by atomic mass is 35.5. The van der Waals surface area contributed by atoms with Gasteiger partial charge in [0.05, 0.1) is 21.9 Å². The Balaban J connectivity index is 1.86. The maximum Gasteiger partial charge on any atom is 0.240 e. The largest absolute Gasteiger partial charge is 0.471 e. The molecule has 3 rings (SSSR count). The molecule has 0 unspecified atom stereocenters. The predicted molar refractivity (Wildman–Crippen MR) is 79.3 cm³/mol. The van der Waals surface area contributed by atoms with Crippen molar-refractivity contribution in [1.82, 2.24) is 14.5 Å². The van der Waals surface area contributed by atoms with Crippen molar-refractivity contribution in [3.05, 3.63) is 52.4 Å². The lowest BCUT2D eigenvalue weighted by Crippen LogP contribution is -1.99. The van der Waals surface area contributed by atoms with E-state index in [9.17, 15) is 0 Å². The van der Waals surface area contributed by atoms with Gasteiger partial charge in [-0.2, -0.15) is 0 Å². The molecule has 0 saturated heterocycles. The lowest BCUT2D eigenvalue weighted by Gasteiger charge is -2.08. The van der Waals surface area contributed by atoms with E-state index in [2.05, 4.69) is 9.97 Å². The van der Waals surface area contributed by atoms with Gasteiger partial charge in [-0.1, -0.05) is 29.3 Å². The summed E-state index contributed by atoms with van der Waals surface area (Å²) in [6.45, 7) is 0.369. The van der Waals surface area contributed by atoms with Crippen LogP contribution in [0.15, 0.2) is 36.8 Å². The van der Waals surface area contributed by atoms with Gasteiger partial charge in [0.25, 0.3) is 0 Å². The number of benzene rings is 1. The molecular formula is C14H11Cl2N3O. The second kappa shape index (κ2) is 5.31. The number of halogens is 2. The molecule has 0 bridgehead atoms. The van der Waals surface area contributed by atoms with Crippen molar-refractivity contribution < 1.29 is 4.74 Å². The number of hydrogen-bond acceptors (Lipinski definition) is 3. The molecule has 2 heterocycles. The average molecular weight is 308 g/mol. The summed E-state index contributed by atoms with van der Waals surface area (Å²) < 4.78 is 7.65. The molecule has 0 amide bonds. The number of aromatic nitrogens is 3. The Morgan fingerprint density at radius 1 is 1.15 bits per heavy atom. The van der Waals surface area contributed by atoms with E-state index in [0.29, 0.717) is 22.5 Å². The van der Waals surface area contributed by atoms with Crippen LogP contribution in [0, 0.1) is 0 Å². The first-order valence-corrected chi connectivity index (χ1v) is 6.73. The van der Waals surface area contributed by atoms with E-state index in [1.165, 1.54) is 0 Å². The zero-order valence-electron chi connectivity index (χ0n) is 10.7. The van der Waals surface area contributed by atoms with Crippen LogP contribution in [0.2, 0.25) is 10.0 Å². The summed E-state index contributed by atoms with van der Waals surface area (Å²) >= 11 is 11.9. The van der Waals surface area contributed by atoms with E-state index in [4.69, 9.17) is 27.9 Å². The van der Waals surface area contributed by atoms with Crippen molar-refractivity contribution in [3.8, 4) is 5.88 Å². The Hall–Kier alpha value is -1.78. The molecule has 0 N–H and O–H groups in total. The van der Waals surface area contributed by atoms with Crippen LogP contribution >= 0.6 is 23.2 Å². The van der Waals surface area contributed by atoms with Crippen molar-refractivity contribution in [2.24, 2.45) is 7.05 Å². The van der Waals surface area contributed by atoms with Crippen LogP contribution in [-0.2, 0) is 13.7 Å². The molecule has 0 radical (unpaired) electrons. The smallest absolute Gasteiger partial charge is 0.240 e. The molecule has 0 atom stereocenters. The molecule has 2 aromatic heterocycles. The standard InChI is InChI=1S/C14H11Cl2N3O/c1-19-8-18-12-4-5-17-14(13(12)19)20-7-9-2-3-10(15)11(16)6-9/h2-6,8H,7H2,1H3. The van der Waals surface area contributed by atoms with Crippen LogP contribution in [0.5, 0.6) is 5.88 Å². The number of fused-ring (bicyclic) bond motifs is 1. The molecule has 0 fully saturated rings. The monoisotopic (exact) mass is 307 g/mol. The molecule has 0 aliphatic heterocycles. The van der Waals surface area contributed by atoms with Gasteiger partial charge in [-0.25, -0.2) is 9.97 Å². The molecule has 0 aliphatic carbocycles. The highest BCUT2D eigenvalue weighted by Crippen LogP contribution is 2.25. The zero-order valence-corrected chi connectivity index (χ0v) is 12.2. The molecule has 4 nitrogen and oxygen atoms in total. The zero-order chi connectivity index (χ0) is 14.1. The van der Waals surface area contributed by atoms with E-state index >= 15 is 0 Å². The second-order valence-electron chi connectivity index (χ2n) is 4.38. The van der Waals surface area contributed by atoms with E-state index < -0.39 is 0 Å². The van der Waals surface area contributed by atoms with Crippen LogP contribution in [0.3, 0.4) is 0 Å². The normalized spacial score (nSPS) is 10.9.